The Bertz CT molecular complexity index is 597. The molecule has 0 aromatic carbocycles. The van der Waals surface area contributed by atoms with Crippen molar-refractivity contribution < 1.29 is 13.2 Å². The number of alkyl halides is 3. The van der Waals surface area contributed by atoms with E-state index in [1.54, 1.807) is 0 Å². The molecule has 0 spiro atoms. The highest BCUT2D eigenvalue weighted by molar-refractivity contribution is 5.44. The molecular weight excluding hydrogens is 277 g/mol. The van der Waals surface area contributed by atoms with Gasteiger partial charge in [-0.05, 0) is 36.8 Å². The summed E-state index contributed by atoms with van der Waals surface area (Å²) in [6.07, 6.45) is 2.01. The molecule has 0 amide bonds. The van der Waals surface area contributed by atoms with Gasteiger partial charge in [-0.1, -0.05) is 25.2 Å². The van der Waals surface area contributed by atoms with Crippen LogP contribution in [0.5, 0.6) is 0 Å². The molecule has 1 aliphatic carbocycles. The molecule has 0 radical (unpaired) electrons. The lowest BCUT2D eigenvalue weighted by Crippen LogP contribution is -2.09. The number of pyridine rings is 1. The van der Waals surface area contributed by atoms with Gasteiger partial charge in [0.25, 0.3) is 0 Å². The minimum absolute atomic E-state index is 0.0804. The highest BCUT2D eigenvalue weighted by Gasteiger charge is 2.32. The van der Waals surface area contributed by atoms with E-state index in [9.17, 15) is 13.2 Å². The standard InChI is InChI=1S/C16H15F3N2/c17-16(18,19)15-10-9-13(11-20)14(21-15)8-4-7-12-5-2-1-3-6-12/h9-10,12H,1-3,5-7H2. The maximum absolute atomic E-state index is 12.6. The molecular formula is C16H15F3N2. The number of halogens is 3. The molecule has 1 aromatic rings. The van der Waals surface area contributed by atoms with E-state index in [1.807, 2.05) is 6.07 Å². The Balaban J connectivity index is 2.16. The zero-order chi connectivity index (χ0) is 15.3. The summed E-state index contributed by atoms with van der Waals surface area (Å²) in [5.41, 5.74) is -1.01. The molecule has 5 heteroatoms. The van der Waals surface area contributed by atoms with E-state index in [2.05, 4.69) is 16.8 Å². The number of aromatic nitrogens is 1. The Hall–Kier alpha value is -2.01. The molecule has 0 bridgehead atoms. The largest absolute Gasteiger partial charge is 0.433 e. The van der Waals surface area contributed by atoms with Gasteiger partial charge in [-0.2, -0.15) is 18.4 Å². The molecule has 2 nitrogen and oxygen atoms in total. The Labute approximate surface area is 122 Å². The minimum atomic E-state index is -4.52. The number of hydrogen-bond donors (Lipinski definition) is 0. The maximum atomic E-state index is 12.6. The van der Waals surface area contributed by atoms with Gasteiger partial charge >= 0.3 is 6.18 Å². The van der Waals surface area contributed by atoms with Gasteiger partial charge < -0.3 is 0 Å². The second-order valence-electron chi connectivity index (χ2n) is 5.21. The lowest BCUT2D eigenvalue weighted by molar-refractivity contribution is -0.141. The average molecular weight is 292 g/mol. The molecule has 0 N–H and O–H groups in total. The Morgan fingerprint density at radius 2 is 1.90 bits per heavy atom. The first kappa shape index (κ1) is 15.4. The summed E-state index contributed by atoms with van der Waals surface area (Å²) in [7, 11) is 0. The summed E-state index contributed by atoms with van der Waals surface area (Å²) >= 11 is 0. The second kappa shape index (κ2) is 6.63. The lowest BCUT2D eigenvalue weighted by atomic mass is 9.87. The maximum Gasteiger partial charge on any atom is 0.433 e. The van der Waals surface area contributed by atoms with Crippen LogP contribution in [-0.2, 0) is 6.18 Å². The van der Waals surface area contributed by atoms with E-state index in [0.717, 1.165) is 25.0 Å². The molecule has 0 atom stereocenters. The molecule has 0 unspecified atom stereocenters. The van der Waals surface area contributed by atoms with E-state index in [1.165, 1.54) is 19.3 Å². The Morgan fingerprint density at radius 1 is 1.19 bits per heavy atom. The first-order chi connectivity index (χ1) is 10.0. The molecule has 1 fully saturated rings. The van der Waals surface area contributed by atoms with Crippen LogP contribution < -0.4 is 0 Å². The third-order valence-corrected chi connectivity index (χ3v) is 3.63. The van der Waals surface area contributed by atoms with Gasteiger partial charge in [-0.15, -0.1) is 0 Å². The van der Waals surface area contributed by atoms with Gasteiger partial charge in [0.1, 0.15) is 17.5 Å². The zero-order valence-corrected chi connectivity index (χ0v) is 11.5. The summed E-state index contributed by atoms with van der Waals surface area (Å²) < 4.78 is 37.9. The van der Waals surface area contributed by atoms with Crippen molar-refractivity contribution in [2.75, 3.05) is 0 Å². The van der Waals surface area contributed by atoms with Crippen LogP contribution >= 0.6 is 0 Å². The molecule has 2 rings (SSSR count). The summed E-state index contributed by atoms with van der Waals surface area (Å²) in [6, 6.07) is 3.77. The van der Waals surface area contributed by atoms with Crippen LogP contribution in [0.25, 0.3) is 0 Å². The fourth-order valence-corrected chi connectivity index (χ4v) is 2.47. The van der Waals surface area contributed by atoms with Crippen LogP contribution in [-0.4, -0.2) is 4.98 Å². The summed E-state index contributed by atoms with van der Waals surface area (Å²) in [6.45, 7) is 0. The first-order valence-corrected chi connectivity index (χ1v) is 6.98. The molecule has 0 aliphatic heterocycles. The summed E-state index contributed by atoms with van der Waals surface area (Å²) in [5, 5.41) is 8.92. The fourth-order valence-electron chi connectivity index (χ4n) is 2.47. The highest BCUT2D eigenvalue weighted by atomic mass is 19.4. The van der Waals surface area contributed by atoms with Gasteiger partial charge in [0.05, 0.1) is 5.56 Å². The molecule has 1 aromatic heterocycles. The van der Waals surface area contributed by atoms with Gasteiger partial charge in [-0.25, -0.2) is 4.98 Å². The predicted molar refractivity (Wildman–Crippen MR) is 72.0 cm³/mol. The van der Waals surface area contributed by atoms with Crippen molar-refractivity contribution >= 4 is 0 Å². The van der Waals surface area contributed by atoms with E-state index in [0.29, 0.717) is 12.3 Å². The third-order valence-electron chi connectivity index (χ3n) is 3.63. The first-order valence-electron chi connectivity index (χ1n) is 6.98. The molecule has 21 heavy (non-hydrogen) atoms. The van der Waals surface area contributed by atoms with Crippen molar-refractivity contribution in [1.82, 2.24) is 4.98 Å². The van der Waals surface area contributed by atoms with Crippen LogP contribution in [0.1, 0.15) is 55.5 Å². The van der Waals surface area contributed by atoms with Crippen molar-refractivity contribution in [2.45, 2.75) is 44.7 Å². The Kier molecular flexibility index (Phi) is 4.85. The van der Waals surface area contributed by atoms with Crippen LogP contribution in [0, 0.1) is 29.1 Å². The van der Waals surface area contributed by atoms with Crippen molar-refractivity contribution in [2.24, 2.45) is 5.92 Å². The van der Waals surface area contributed by atoms with Crippen LogP contribution in [0.3, 0.4) is 0 Å². The summed E-state index contributed by atoms with van der Waals surface area (Å²) in [4.78, 5) is 3.48. The van der Waals surface area contributed by atoms with Crippen molar-refractivity contribution in [1.29, 1.82) is 5.26 Å². The van der Waals surface area contributed by atoms with Gasteiger partial charge in [0.15, 0.2) is 0 Å². The summed E-state index contributed by atoms with van der Waals surface area (Å²) in [5.74, 6) is 6.05. The van der Waals surface area contributed by atoms with E-state index in [4.69, 9.17) is 5.26 Å². The molecule has 1 saturated carbocycles. The predicted octanol–water partition coefficient (Wildman–Crippen LogP) is 4.29. The molecule has 110 valence electrons. The normalized spacial score (nSPS) is 15.9. The van der Waals surface area contributed by atoms with E-state index in [-0.39, 0.29) is 11.3 Å². The van der Waals surface area contributed by atoms with Crippen LogP contribution in [0.4, 0.5) is 13.2 Å². The lowest BCUT2D eigenvalue weighted by Gasteiger charge is -2.18. The van der Waals surface area contributed by atoms with Crippen molar-refractivity contribution in [3.05, 3.63) is 29.1 Å². The topological polar surface area (TPSA) is 36.7 Å². The van der Waals surface area contributed by atoms with Crippen LogP contribution in [0.15, 0.2) is 12.1 Å². The number of hydrogen-bond acceptors (Lipinski definition) is 2. The van der Waals surface area contributed by atoms with Crippen LogP contribution in [0.2, 0.25) is 0 Å². The Morgan fingerprint density at radius 3 is 2.52 bits per heavy atom. The van der Waals surface area contributed by atoms with Crippen molar-refractivity contribution in [3.63, 3.8) is 0 Å². The number of nitriles is 1. The highest BCUT2D eigenvalue weighted by Crippen LogP contribution is 2.28. The van der Waals surface area contributed by atoms with E-state index < -0.39 is 11.9 Å². The second-order valence-corrected chi connectivity index (χ2v) is 5.21. The quantitative estimate of drug-likeness (QED) is 0.724. The number of rotatable bonds is 1. The van der Waals surface area contributed by atoms with Gasteiger partial charge in [0, 0.05) is 6.42 Å². The van der Waals surface area contributed by atoms with E-state index >= 15 is 0 Å². The smallest absolute Gasteiger partial charge is 0.233 e. The monoisotopic (exact) mass is 292 g/mol. The van der Waals surface area contributed by atoms with Gasteiger partial charge in [0.2, 0.25) is 0 Å². The van der Waals surface area contributed by atoms with Gasteiger partial charge in [-0.3, -0.25) is 0 Å². The SMILES string of the molecule is N#Cc1ccc(C(F)(F)F)nc1C#CCC1CCCCC1. The molecule has 1 heterocycles. The third kappa shape index (κ3) is 4.23. The molecule has 1 aliphatic rings. The minimum Gasteiger partial charge on any atom is -0.233 e. The number of nitrogens with zero attached hydrogens (tertiary/aromatic N) is 2. The molecule has 0 saturated heterocycles. The average Bonchev–Trinajstić information content (AvgIpc) is 2.47. The fraction of sp³-hybridized carbons (Fsp3) is 0.500. The van der Waals surface area contributed by atoms with Crippen molar-refractivity contribution in [3.8, 4) is 17.9 Å². The zero-order valence-electron chi connectivity index (χ0n) is 11.5.